The van der Waals surface area contributed by atoms with Crippen molar-refractivity contribution in [1.29, 1.82) is 0 Å². The van der Waals surface area contributed by atoms with Gasteiger partial charge in [-0.3, -0.25) is 4.57 Å². The lowest BCUT2D eigenvalue weighted by Crippen LogP contribution is -2.15. The minimum atomic E-state index is -3.31. The number of hydrogen-bond donors (Lipinski definition) is 1. The molecule has 0 radical (unpaired) electrons. The molecule has 17 heavy (non-hydrogen) atoms. The standard InChI is InChI=1S/C11H17BrNO3P/c1-3-15-17(14,16-4-2)11(13)9-7-5-6-8-10(9)12/h5-8,11H,3-4,13H2,1-2H3/t11-/m1/s1. The van der Waals surface area contributed by atoms with Crippen LogP contribution in [0.1, 0.15) is 25.2 Å². The predicted molar refractivity (Wildman–Crippen MR) is 71.9 cm³/mol. The topological polar surface area (TPSA) is 61.5 Å². The van der Waals surface area contributed by atoms with Gasteiger partial charge in [-0.1, -0.05) is 34.1 Å². The molecular weight excluding hydrogens is 305 g/mol. The van der Waals surface area contributed by atoms with Gasteiger partial charge in [0.15, 0.2) is 0 Å². The molecule has 1 atom stereocenters. The Morgan fingerprint density at radius 2 is 1.82 bits per heavy atom. The highest BCUT2D eigenvalue weighted by Crippen LogP contribution is 2.58. The van der Waals surface area contributed by atoms with Crippen molar-refractivity contribution in [3.63, 3.8) is 0 Å². The van der Waals surface area contributed by atoms with Gasteiger partial charge in [-0.25, -0.2) is 0 Å². The molecule has 0 fully saturated rings. The van der Waals surface area contributed by atoms with Crippen LogP contribution in [0.25, 0.3) is 0 Å². The lowest BCUT2D eigenvalue weighted by Gasteiger charge is -2.24. The summed E-state index contributed by atoms with van der Waals surface area (Å²) in [6.07, 6.45) is 0. The lowest BCUT2D eigenvalue weighted by molar-refractivity contribution is 0.212. The molecule has 0 unspecified atom stereocenters. The summed E-state index contributed by atoms with van der Waals surface area (Å²) >= 11 is 3.38. The van der Waals surface area contributed by atoms with E-state index < -0.39 is 13.4 Å². The fraction of sp³-hybridized carbons (Fsp3) is 0.455. The van der Waals surface area contributed by atoms with E-state index in [2.05, 4.69) is 15.9 Å². The van der Waals surface area contributed by atoms with Gasteiger partial charge < -0.3 is 14.8 Å². The molecule has 1 rings (SSSR count). The summed E-state index contributed by atoms with van der Waals surface area (Å²) in [7, 11) is -3.31. The van der Waals surface area contributed by atoms with E-state index in [1.54, 1.807) is 19.9 Å². The van der Waals surface area contributed by atoms with Crippen LogP contribution in [-0.4, -0.2) is 13.2 Å². The average molecular weight is 322 g/mol. The van der Waals surface area contributed by atoms with E-state index in [0.29, 0.717) is 13.2 Å². The Hall–Kier alpha value is -0.190. The van der Waals surface area contributed by atoms with Crippen molar-refractivity contribution >= 4 is 23.5 Å². The normalized spacial score (nSPS) is 13.6. The Morgan fingerprint density at radius 1 is 1.29 bits per heavy atom. The lowest BCUT2D eigenvalue weighted by atomic mass is 10.2. The van der Waals surface area contributed by atoms with Crippen LogP contribution in [0, 0.1) is 0 Å². The van der Waals surface area contributed by atoms with Crippen molar-refractivity contribution in [2.75, 3.05) is 13.2 Å². The van der Waals surface area contributed by atoms with Crippen molar-refractivity contribution in [1.82, 2.24) is 0 Å². The van der Waals surface area contributed by atoms with Crippen LogP contribution in [0.5, 0.6) is 0 Å². The van der Waals surface area contributed by atoms with E-state index in [4.69, 9.17) is 14.8 Å². The van der Waals surface area contributed by atoms with E-state index in [0.717, 1.165) is 10.0 Å². The van der Waals surface area contributed by atoms with Crippen LogP contribution in [0.3, 0.4) is 0 Å². The first-order valence-corrected chi connectivity index (χ1v) is 7.84. The molecular formula is C11H17BrNO3P. The Kier molecular flexibility index (Phi) is 5.83. The third-order valence-electron chi connectivity index (χ3n) is 2.18. The van der Waals surface area contributed by atoms with Crippen LogP contribution >= 0.6 is 23.5 Å². The van der Waals surface area contributed by atoms with E-state index in [1.807, 2.05) is 18.2 Å². The molecule has 0 aliphatic rings. The molecule has 0 aliphatic carbocycles. The number of rotatable bonds is 6. The SMILES string of the molecule is CCOP(=O)(OCC)[C@@H](N)c1ccccc1Br. The molecule has 0 saturated carbocycles. The minimum Gasteiger partial charge on any atom is -0.314 e. The quantitative estimate of drug-likeness (QED) is 0.812. The zero-order chi connectivity index (χ0) is 12.9. The predicted octanol–water partition coefficient (Wildman–Crippen LogP) is 3.67. The number of halogens is 1. The van der Waals surface area contributed by atoms with Crippen LogP contribution in [0.2, 0.25) is 0 Å². The summed E-state index contributed by atoms with van der Waals surface area (Å²) in [5.74, 6) is -0.780. The summed E-state index contributed by atoms with van der Waals surface area (Å²) in [4.78, 5) is 0. The smallest absolute Gasteiger partial charge is 0.314 e. The zero-order valence-corrected chi connectivity index (χ0v) is 12.4. The fourth-order valence-electron chi connectivity index (χ4n) is 1.44. The molecule has 2 N–H and O–H groups in total. The second-order valence-electron chi connectivity index (χ2n) is 3.34. The Bertz CT molecular complexity index is 403. The minimum absolute atomic E-state index is 0.301. The summed E-state index contributed by atoms with van der Waals surface area (Å²) in [5.41, 5.74) is 6.72. The summed E-state index contributed by atoms with van der Waals surface area (Å²) < 4.78 is 23.7. The number of benzene rings is 1. The van der Waals surface area contributed by atoms with Crippen LogP contribution in [0.15, 0.2) is 28.7 Å². The third kappa shape index (κ3) is 3.63. The molecule has 4 nitrogen and oxygen atoms in total. The zero-order valence-electron chi connectivity index (χ0n) is 9.93. The first kappa shape index (κ1) is 14.9. The van der Waals surface area contributed by atoms with Crippen molar-refractivity contribution in [2.24, 2.45) is 5.73 Å². The molecule has 0 amide bonds. The Labute approximate surface area is 110 Å². The summed E-state index contributed by atoms with van der Waals surface area (Å²) in [5, 5.41) is 0. The maximum absolute atomic E-state index is 12.5. The molecule has 0 heterocycles. The molecule has 1 aromatic rings. The van der Waals surface area contributed by atoms with E-state index in [9.17, 15) is 4.57 Å². The van der Waals surface area contributed by atoms with Crippen LogP contribution in [0.4, 0.5) is 0 Å². The van der Waals surface area contributed by atoms with Crippen molar-refractivity contribution < 1.29 is 13.6 Å². The third-order valence-corrected chi connectivity index (χ3v) is 5.10. The number of hydrogen-bond acceptors (Lipinski definition) is 4. The summed E-state index contributed by atoms with van der Waals surface area (Å²) in [6.45, 7) is 4.13. The van der Waals surface area contributed by atoms with Crippen molar-refractivity contribution in [3.8, 4) is 0 Å². The van der Waals surface area contributed by atoms with Crippen LogP contribution < -0.4 is 5.73 Å². The highest BCUT2D eigenvalue weighted by molar-refractivity contribution is 9.10. The van der Waals surface area contributed by atoms with Gasteiger partial charge in [-0.05, 0) is 25.5 Å². The van der Waals surface area contributed by atoms with Gasteiger partial charge >= 0.3 is 7.60 Å². The molecule has 1 aromatic carbocycles. The fourth-order valence-corrected chi connectivity index (χ4v) is 3.83. The van der Waals surface area contributed by atoms with Gasteiger partial charge in [0.05, 0.1) is 13.2 Å². The number of nitrogens with two attached hydrogens (primary N) is 1. The first-order valence-electron chi connectivity index (χ1n) is 5.44. The summed E-state index contributed by atoms with van der Waals surface area (Å²) in [6, 6.07) is 7.35. The van der Waals surface area contributed by atoms with Gasteiger partial charge in [-0.15, -0.1) is 0 Å². The van der Waals surface area contributed by atoms with Crippen LogP contribution in [-0.2, 0) is 13.6 Å². The molecule has 0 saturated heterocycles. The van der Waals surface area contributed by atoms with Crippen molar-refractivity contribution in [2.45, 2.75) is 19.6 Å². The largest absolute Gasteiger partial charge is 0.351 e. The molecule has 6 heteroatoms. The highest BCUT2D eigenvalue weighted by atomic mass is 79.9. The Morgan fingerprint density at radius 3 is 2.29 bits per heavy atom. The average Bonchev–Trinajstić information content (AvgIpc) is 2.29. The van der Waals surface area contributed by atoms with Gasteiger partial charge in [0, 0.05) is 4.47 Å². The molecule has 0 bridgehead atoms. The van der Waals surface area contributed by atoms with Gasteiger partial charge in [0.1, 0.15) is 5.78 Å². The van der Waals surface area contributed by atoms with E-state index >= 15 is 0 Å². The first-order chi connectivity index (χ1) is 8.05. The van der Waals surface area contributed by atoms with Gasteiger partial charge in [0.2, 0.25) is 0 Å². The molecule has 0 aromatic heterocycles. The second kappa shape index (κ2) is 6.66. The maximum atomic E-state index is 12.5. The molecule has 96 valence electrons. The maximum Gasteiger partial charge on any atom is 0.351 e. The van der Waals surface area contributed by atoms with E-state index in [-0.39, 0.29) is 0 Å². The highest BCUT2D eigenvalue weighted by Gasteiger charge is 2.34. The molecule has 0 spiro atoms. The van der Waals surface area contributed by atoms with Gasteiger partial charge in [0.25, 0.3) is 0 Å². The monoisotopic (exact) mass is 321 g/mol. The van der Waals surface area contributed by atoms with Crippen molar-refractivity contribution in [3.05, 3.63) is 34.3 Å². The Balaban J connectivity index is 3.04. The van der Waals surface area contributed by atoms with Gasteiger partial charge in [-0.2, -0.15) is 0 Å². The molecule has 0 aliphatic heterocycles. The van der Waals surface area contributed by atoms with E-state index in [1.165, 1.54) is 0 Å². The second-order valence-corrected chi connectivity index (χ2v) is 6.35.